The van der Waals surface area contributed by atoms with E-state index < -0.39 is 30.0 Å². The molecule has 0 spiro atoms. The summed E-state index contributed by atoms with van der Waals surface area (Å²) in [5.41, 5.74) is 0.405. The van der Waals surface area contributed by atoms with Gasteiger partial charge in [0, 0.05) is 29.6 Å². The Morgan fingerprint density at radius 1 is 0.767 bits per heavy atom. The van der Waals surface area contributed by atoms with Gasteiger partial charge in [-0.1, -0.05) is 24.3 Å². The third kappa shape index (κ3) is 7.67. The molecule has 0 bridgehead atoms. The van der Waals surface area contributed by atoms with Crippen LogP contribution >= 0.6 is 24.4 Å². The second-order valence-corrected chi connectivity index (χ2v) is 8.28. The molecule has 0 saturated heterocycles. The van der Waals surface area contributed by atoms with Crippen molar-refractivity contribution in [3.63, 3.8) is 0 Å². The Labute approximate surface area is 205 Å². The maximum atomic E-state index is 11.6. The molecule has 0 atom stereocenters. The summed E-state index contributed by atoms with van der Waals surface area (Å²) >= 11 is 8.91. The summed E-state index contributed by atoms with van der Waals surface area (Å²) in [7, 11) is -9.21. The van der Waals surface area contributed by atoms with Crippen LogP contribution in [-0.4, -0.2) is 71.3 Å². The van der Waals surface area contributed by atoms with Gasteiger partial charge >= 0.3 is 0 Å². The molecule has 14 heteroatoms. The van der Waals surface area contributed by atoms with Gasteiger partial charge in [-0.2, -0.15) is 26.8 Å². The van der Waals surface area contributed by atoms with Crippen molar-refractivity contribution in [1.29, 1.82) is 0 Å². The summed E-state index contributed by atoms with van der Waals surface area (Å²) in [5, 5.41) is 4.16. The van der Waals surface area contributed by atoms with E-state index in [1.165, 1.54) is 36.4 Å². The average molecular weight is 496 g/mol. The number of hydrogen-bond acceptors (Lipinski definition) is 8. The van der Waals surface area contributed by atoms with Crippen LogP contribution in [0.15, 0.2) is 56.2 Å². The molecule has 0 aliphatic rings. The van der Waals surface area contributed by atoms with Crippen molar-refractivity contribution in [3.8, 4) is 0 Å². The summed E-state index contributed by atoms with van der Waals surface area (Å²) in [5.74, 6) is 0. The van der Waals surface area contributed by atoms with Gasteiger partial charge in [-0.3, -0.25) is 9.11 Å². The fourth-order valence-electron chi connectivity index (χ4n) is 2.19. The Morgan fingerprint density at radius 2 is 1.10 bits per heavy atom. The molecule has 0 amide bonds. The molecule has 0 aromatic heterocycles. The molecule has 1 radical (unpaired) electrons. The van der Waals surface area contributed by atoms with Crippen LogP contribution in [0.25, 0.3) is 12.2 Å². The Bertz CT molecular complexity index is 1180. The predicted octanol–water partition coefficient (Wildman–Crippen LogP) is 2.61. The first-order valence-corrected chi connectivity index (χ1v) is 10.8. The molecule has 0 aliphatic carbocycles. The molecular formula is C16H12N2NaO7S4. The molecule has 153 valence electrons. The monoisotopic (exact) mass is 495 g/mol. The zero-order valence-corrected chi connectivity index (χ0v) is 20.4. The van der Waals surface area contributed by atoms with Gasteiger partial charge in [0.05, 0.1) is 21.7 Å². The number of nitrogens with zero attached hydrogens (tertiary/aromatic N) is 2. The van der Waals surface area contributed by atoms with E-state index in [1.54, 1.807) is 0 Å². The standard InChI is InChI=1S/C16H10N2O6S4.Na.H2O/c19-27(20,21)15-7-13(17-9-25)5-3-11(15)1-2-12-4-6-14(18-10-26)8-16(12)28(22,23)24;;/h1-8H,(H,19,20,21)(H,22,23,24);;1H2/b2-1+;;. The van der Waals surface area contributed by atoms with E-state index in [1.807, 2.05) is 0 Å². The number of aliphatic imine (C=N–C) groups is 2. The molecule has 2 aromatic rings. The fraction of sp³-hybridized carbons (Fsp3) is 0. The third-order valence-corrected chi connectivity index (χ3v) is 5.34. The zero-order chi connectivity index (χ0) is 20.9. The van der Waals surface area contributed by atoms with Crippen LogP contribution in [0, 0.1) is 0 Å². The van der Waals surface area contributed by atoms with Crippen molar-refractivity contribution in [2.75, 3.05) is 0 Å². The van der Waals surface area contributed by atoms with Gasteiger partial charge in [-0.05, 0) is 59.8 Å². The summed E-state index contributed by atoms with van der Waals surface area (Å²) in [6.07, 6.45) is 2.50. The molecule has 0 fully saturated rings. The van der Waals surface area contributed by atoms with Crippen LogP contribution in [0.2, 0.25) is 0 Å². The number of thiocarbonyl (C=S) groups is 2. The van der Waals surface area contributed by atoms with Crippen molar-refractivity contribution in [1.82, 2.24) is 0 Å². The van der Waals surface area contributed by atoms with Crippen LogP contribution in [-0.2, 0) is 20.2 Å². The van der Waals surface area contributed by atoms with Crippen LogP contribution < -0.4 is 0 Å². The van der Waals surface area contributed by atoms with E-state index in [-0.39, 0.29) is 57.5 Å². The first-order valence-electron chi connectivity index (χ1n) is 7.13. The quantitative estimate of drug-likeness (QED) is 0.203. The Morgan fingerprint density at radius 3 is 1.37 bits per heavy atom. The third-order valence-electron chi connectivity index (χ3n) is 3.34. The molecule has 2 rings (SSSR count). The molecule has 0 heterocycles. The minimum atomic E-state index is -4.61. The van der Waals surface area contributed by atoms with E-state index >= 15 is 0 Å². The minimum Gasteiger partial charge on any atom is -0.412 e. The molecule has 4 N–H and O–H groups in total. The summed E-state index contributed by atoms with van der Waals surface area (Å²) in [6, 6.07) is 7.68. The molecule has 0 aliphatic heterocycles. The SMILES string of the molecule is O.O=S(=O)(O)c1cc(N=C=S)ccc1/C=C/c1ccc(N=C=S)cc1S(=O)(=O)O.[Na]. The molecule has 0 unspecified atom stereocenters. The van der Waals surface area contributed by atoms with E-state index in [2.05, 4.69) is 44.7 Å². The minimum absolute atomic E-state index is 0. The zero-order valence-electron chi connectivity index (χ0n) is 15.2. The topological polar surface area (TPSA) is 165 Å². The molecule has 2 aromatic carbocycles. The first kappa shape index (κ1) is 28.6. The summed E-state index contributed by atoms with van der Waals surface area (Å²) < 4.78 is 65.4. The summed E-state index contributed by atoms with van der Waals surface area (Å²) in [6.45, 7) is 0. The maximum absolute atomic E-state index is 11.6. The Balaban J connectivity index is 0.00000420. The smallest absolute Gasteiger partial charge is 0.295 e. The number of benzene rings is 2. The van der Waals surface area contributed by atoms with Gasteiger partial charge in [0.15, 0.2) is 0 Å². The number of isothiocyanates is 2. The first-order chi connectivity index (χ1) is 13.1. The van der Waals surface area contributed by atoms with Gasteiger partial charge in [-0.25, -0.2) is 0 Å². The normalized spacial score (nSPS) is 10.9. The second-order valence-electron chi connectivity index (χ2n) is 5.13. The van der Waals surface area contributed by atoms with Gasteiger partial charge in [0.25, 0.3) is 20.2 Å². The molecule has 30 heavy (non-hydrogen) atoms. The van der Waals surface area contributed by atoms with Crippen LogP contribution in [0.5, 0.6) is 0 Å². The average Bonchev–Trinajstić information content (AvgIpc) is 2.60. The van der Waals surface area contributed by atoms with Crippen LogP contribution in [0.3, 0.4) is 0 Å². The van der Waals surface area contributed by atoms with E-state index in [9.17, 15) is 25.9 Å². The second kappa shape index (κ2) is 11.8. The Hall–Kier alpha value is -1.44. The van der Waals surface area contributed by atoms with Crippen molar-refractivity contribution >= 4 is 108 Å². The van der Waals surface area contributed by atoms with Crippen molar-refractivity contribution in [3.05, 3.63) is 47.5 Å². The number of hydrogen-bond donors (Lipinski definition) is 2. The Kier molecular flexibility index (Phi) is 11.3. The van der Waals surface area contributed by atoms with E-state index in [4.69, 9.17) is 0 Å². The largest absolute Gasteiger partial charge is 0.412 e. The molecule has 9 nitrogen and oxygen atoms in total. The van der Waals surface area contributed by atoms with Gasteiger partial charge < -0.3 is 5.48 Å². The predicted molar refractivity (Wildman–Crippen MR) is 120 cm³/mol. The van der Waals surface area contributed by atoms with Crippen LogP contribution in [0.1, 0.15) is 11.1 Å². The van der Waals surface area contributed by atoms with Gasteiger partial charge in [-0.15, -0.1) is 0 Å². The van der Waals surface area contributed by atoms with E-state index in [0.29, 0.717) is 0 Å². The van der Waals surface area contributed by atoms with Crippen molar-refractivity contribution in [2.24, 2.45) is 9.98 Å². The van der Waals surface area contributed by atoms with Crippen molar-refractivity contribution < 1.29 is 31.4 Å². The van der Waals surface area contributed by atoms with Crippen LogP contribution in [0.4, 0.5) is 11.4 Å². The number of rotatable bonds is 6. The molecule has 0 saturated carbocycles. The maximum Gasteiger partial charge on any atom is 0.295 e. The molecular weight excluding hydrogens is 483 g/mol. The van der Waals surface area contributed by atoms with Gasteiger partial charge in [0.2, 0.25) is 0 Å². The summed E-state index contributed by atoms with van der Waals surface area (Å²) in [4.78, 5) is 6.35. The fourth-order valence-corrected chi connectivity index (χ4v) is 3.81. The van der Waals surface area contributed by atoms with E-state index in [0.717, 1.165) is 12.1 Å². The van der Waals surface area contributed by atoms with Crippen molar-refractivity contribution in [2.45, 2.75) is 9.79 Å². The van der Waals surface area contributed by atoms with Gasteiger partial charge in [0.1, 0.15) is 9.79 Å².